The molecule has 0 amide bonds. The van der Waals surface area contributed by atoms with E-state index in [0.717, 1.165) is 4.57 Å². The van der Waals surface area contributed by atoms with Crippen LogP contribution in [0.3, 0.4) is 0 Å². The molecule has 0 aliphatic carbocycles. The maximum Gasteiger partial charge on any atom is 0.328 e. The predicted octanol–water partition coefficient (Wildman–Crippen LogP) is 1.89. The van der Waals surface area contributed by atoms with Crippen molar-refractivity contribution in [2.45, 2.75) is 6.54 Å². The molecule has 1 heterocycles. The smallest absolute Gasteiger partial charge is 0.314 e. The molecule has 1 N–H and O–H groups in total. The fourth-order valence-electron chi connectivity index (χ4n) is 1.42. The van der Waals surface area contributed by atoms with Gasteiger partial charge in [-0.05, 0) is 17.7 Å². The molecular formula is C11H8Cl2N2O2. The molecular weight excluding hydrogens is 263 g/mol. The molecule has 0 unspecified atom stereocenters. The van der Waals surface area contributed by atoms with Crippen LogP contribution in [0.25, 0.3) is 0 Å². The van der Waals surface area contributed by atoms with Crippen LogP contribution in [0.2, 0.25) is 10.0 Å². The Morgan fingerprint density at radius 3 is 2.59 bits per heavy atom. The van der Waals surface area contributed by atoms with E-state index in [1.165, 1.54) is 12.3 Å². The van der Waals surface area contributed by atoms with Crippen molar-refractivity contribution in [1.82, 2.24) is 9.55 Å². The average molecular weight is 271 g/mol. The van der Waals surface area contributed by atoms with E-state index in [4.69, 9.17) is 23.2 Å². The molecule has 2 rings (SSSR count). The minimum absolute atomic E-state index is 0.116. The van der Waals surface area contributed by atoms with Gasteiger partial charge in [-0.2, -0.15) is 0 Å². The summed E-state index contributed by atoms with van der Waals surface area (Å²) in [5.74, 6) is 0. The third kappa shape index (κ3) is 2.60. The highest BCUT2D eigenvalue weighted by Crippen LogP contribution is 2.20. The van der Waals surface area contributed by atoms with E-state index < -0.39 is 5.69 Å². The third-order valence-electron chi connectivity index (χ3n) is 2.29. The van der Waals surface area contributed by atoms with Crippen molar-refractivity contribution in [3.05, 3.63) is 66.9 Å². The van der Waals surface area contributed by atoms with Crippen molar-refractivity contribution in [3.8, 4) is 0 Å². The van der Waals surface area contributed by atoms with E-state index in [1.807, 2.05) is 0 Å². The van der Waals surface area contributed by atoms with Crippen LogP contribution in [0, 0.1) is 0 Å². The molecule has 0 fully saturated rings. The zero-order valence-corrected chi connectivity index (χ0v) is 10.1. The highest BCUT2D eigenvalue weighted by atomic mass is 35.5. The molecule has 0 saturated carbocycles. The molecule has 1 aromatic carbocycles. The standard InChI is InChI=1S/C11H8Cl2N2O2/c12-8-2-1-7(9(13)5-8)6-15-10(16)3-4-14-11(15)17/h1-5H,6H2,(H,14,17). The van der Waals surface area contributed by atoms with Gasteiger partial charge in [-0.15, -0.1) is 0 Å². The van der Waals surface area contributed by atoms with Crippen LogP contribution < -0.4 is 11.2 Å². The van der Waals surface area contributed by atoms with Gasteiger partial charge in [-0.3, -0.25) is 9.36 Å². The quantitative estimate of drug-likeness (QED) is 0.906. The van der Waals surface area contributed by atoms with E-state index in [2.05, 4.69) is 4.98 Å². The molecule has 0 aliphatic heterocycles. The van der Waals surface area contributed by atoms with Crippen LogP contribution in [0.5, 0.6) is 0 Å². The molecule has 4 nitrogen and oxygen atoms in total. The second kappa shape index (κ2) is 4.77. The van der Waals surface area contributed by atoms with Gasteiger partial charge in [0.15, 0.2) is 0 Å². The SMILES string of the molecule is O=c1cc[nH]c(=O)n1Cc1ccc(Cl)cc1Cl. The summed E-state index contributed by atoms with van der Waals surface area (Å²) >= 11 is 11.7. The Kier molecular flexibility index (Phi) is 3.36. The molecule has 6 heteroatoms. The summed E-state index contributed by atoms with van der Waals surface area (Å²) in [4.78, 5) is 25.4. The van der Waals surface area contributed by atoms with Gasteiger partial charge in [0.25, 0.3) is 5.56 Å². The van der Waals surface area contributed by atoms with E-state index in [-0.39, 0.29) is 12.1 Å². The first-order valence-corrected chi connectivity index (χ1v) is 5.56. The van der Waals surface area contributed by atoms with Crippen molar-refractivity contribution in [2.24, 2.45) is 0 Å². The molecule has 0 spiro atoms. The molecule has 0 bridgehead atoms. The Bertz CT molecular complexity index is 633. The highest BCUT2D eigenvalue weighted by molar-refractivity contribution is 6.35. The van der Waals surface area contributed by atoms with Crippen LogP contribution >= 0.6 is 23.2 Å². The zero-order valence-electron chi connectivity index (χ0n) is 8.61. The van der Waals surface area contributed by atoms with Crippen molar-refractivity contribution in [2.75, 3.05) is 0 Å². The zero-order chi connectivity index (χ0) is 12.4. The minimum atomic E-state index is -0.469. The number of nitrogens with one attached hydrogen (secondary N) is 1. The number of nitrogens with zero attached hydrogens (tertiary/aromatic N) is 1. The molecule has 0 atom stereocenters. The van der Waals surface area contributed by atoms with E-state index in [9.17, 15) is 9.59 Å². The first-order valence-electron chi connectivity index (χ1n) is 4.80. The fourth-order valence-corrected chi connectivity index (χ4v) is 1.89. The predicted molar refractivity (Wildman–Crippen MR) is 66.9 cm³/mol. The van der Waals surface area contributed by atoms with Gasteiger partial charge < -0.3 is 4.98 Å². The molecule has 17 heavy (non-hydrogen) atoms. The lowest BCUT2D eigenvalue weighted by atomic mass is 10.2. The number of aromatic amines is 1. The Labute approximate surface area is 106 Å². The summed E-state index contributed by atoms with van der Waals surface area (Å²) in [5, 5.41) is 0.931. The number of hydrogen-bond donors (Lipinski definition) is 1. The molecule has 88 valence electrons. The van der Waals surface area contributed by atoms with Crippen LogP contribution in [0.4, 0.5) is 0 Å². The Morgan fingerprint density at radius 2 is 1.94 bits per heavy atom. The summed E-state index contributed by atoms with van der Waals surface area (Å²) in [6.45, 7) is 0.116. The second-order valence-corrected chi connectivity index (χ2v) is 4.29. The number of H-pyrrole nitrogens is 1. The summed E-state index contributed by atoms with van der Waals surface area (Å²) in [6.07, 6.45) is 1.31. The maximum absolute atomic E-state index is 11.5. The summed E-state index contributed by atoms with van der Waals surface area (Å²) in [5.41, 5.74) is -0.182. The van der Waals surface area contributed by atoms with Gasteiger partial charge in [0.1, 0.15) is 0 Å². The monoisotopic (exact) mass is 270 g/mol. The summed E-state index contributed by atoms with van der Waals surface area (Å²) < 4.78 is 1.06. The van der Waals surface area contributed by atoms with Crippen molar-refractivity contribution in [3.63, 3.8) is 0 Å². The summed E-state index contributed by atoms with van der Waals surface area (Å²) in [6, 6.07) is 6.19. The second-order valence-electron chi connectivity index (χ2n) is 3.44. The Morgan fingerprint density at radius 1 is 1.18 bits per heavy atom. The Balaban J connectivity index is 2.45. The van der Waals surface area contributed by atoms with Gasteiger partial charge in [-0.25, -0.2) is 4.79 Å². The first-order chi connectivity index (χ1) is 8.08. The van der Waals surface area contributed by atoms with Crippen LogP contribution in [-0.2, 0) is 6.54 Å². The minimum Gasteiger partial charge on any atom is -0.314 e. The number of halogens is 2. The van der Waals surface area contributed by atoms with Crippen molar-refractivity contribution in [1.29, 1.82) is 0 Å². The largest absolute Gasteiger partial charge is 0.328 e. The van der Waals surface area contributed by atoms with Crippen molar-refractivity contribution < 1.29 is 0 Å². The topological polar surface area (TPSA) is 54.9 Å². The first kappa shape index (κ1) is 12.0. The van der Waals surface area contributed by atoms with E-state index in [1.54, 1.807) is 18.2 Å². The molecule has 2 aromatic rings. The van der Waals surface area contributed by atoms with Crippen LogP contribution in [0.15, 0.2) is 40.1 Å². The summed E-state index contributed by atoms with van der Waals surface area (Å²) in [7, 11) is 0. The van der Waals surface area contributed by atoms with Gasteiger partial charge in [0, 0.05) is 22.3 Å². The number of rotatable bonds is 2. The molecule has 0 aliphatic rings. The molecule has 0 radical (unpaired) electrons. The van der Waals surface area contributed by atoms with Gasteiger partial charge in [0.2, 0.25) is 0 Å². The van der Waals surface area contributed by atoms with E-state index in [0.29, 0.717) is 15.6 Å². The average Bonchev–Trinajstić information content (AvgIpc) is 2.26. The van der Waals surface area contributed by atoms with Gasteiger partial charge in [0.05, 0.1) is 6.54 Å². The lowest BCUT2D eigenvalue weighted by molar-refractivity contribution is 0.699. The van der Waals surface area contributed by atoms with Crippen molar-refractivity contribution >= 4 is 23.2 Å². The van der Waals surface area contributed by atoms with Gasteiger partial charge >= 0.3 is 5.69 Å². The van der Waals surface area contributed by atoms with E-state index >= 15 is 0 Å². The van der Waals surface area contributed by atoms with Crippen LogP contribution in [-0.4, -0.2) is 9.55 Å². The maximum atomic E-state index is 11.5. The molecule has 0 saturated heterocycles. The number of benzene rings is 1. The number of hydrogen-bond acceptors (Lipinski definition) is 2. The molecule has 1 aromatic heterocycles. The van der Waals surface area contributed by atoms with Gasteiger partial charge in [-0.1, -0.05) is 29.3 Å². The fraction of sp³-hybridized carbons (Fsp3) is 0.0909. The third-order valence-corrected chi connectivity index (χ3v) is 2.87. The normalized spacial score (nSPS) is 10.5. The number of aromatic nitrogens is 2. The Hall–Kier alpha value is -1.52. The highest BCUT2D eigenvalue weighted by Gasteiger charge is 2.05. The van der Waals surface area contributed by atoms with Crippen LogP contribution in [0.1, 0.15) is 5.56 Å². The lowest BCUT2D eigenvalue weighted by Crippen LogP contribution is -2.34. The lowest BCUT2D eigenvalue weighted by Gasteiger charge is -2.06.